The number of hydrogen-bond acceptors (Lipinski definition) is 5. The van der Waals surface area contributed by atoms with Crippen molar-refractivity contribution in [3.63, 3.8) is 0 Å². The number of halogens is 3. The summed E-state index contributed by atoms with van der Waals surface area (Å²) in [5.41, 5.74) is 1.46. The molecular formula is C18H22ClF2N3O2S. The van der Waals surface area contributed by atoms with Crippen LogP contribution in [-0.4, -0.2) is 30.6 Å². The minimum atomic E-state index is -2.84. The molecule has 0 aliphatic carbocycles. The lowest BCUT2D eigenvalue weighted by atomic mass is 9.93. The van der Waals surface area contributed by atoms with Crippen LogP contribution >= 0.6 is 23.7 Å². The monoisotopic (exact) mass is 417 g/mol. The lowest BCUT2D eigenvalue weighted by Gasteiger charge is -2.21. The predicted octanol–water partition coefficient (Wildman–Crippen LogP) is 4.55. The van der Waals surface area contributed by atoms with E-state index in [9.17, 15) is 13.6 Å². The summed E-state index contributed by atoms with van der Waals surface area (Å²) in [4.78, 5) is 16.5. The van der Waals surface area contributed by atoms with Crippen molar-refractivity contribution >= 4 is 34.8 Å². The molecule has 9 heteroatoms. The first-order chi connectivity index (χ1) is 12.6. The van der Waals surface area contributed by atoms with Gasteiger partial charge in [0.25, 0.3) is 0 Å². The zero-order chi connectivity index (χ0) is 18.4. The second kappa shape index (κ2) is 10.5. The lowest BCUT2D eigenvalue weighted by Crippen LogP contribution is -2.28. The Morgan fingerprint density at radius 3 is 2.67 bits per heavy atom. The summed E-state index contributed by atoms with van der Waals surface area (Å²) >= 11 is 1.34. The van der Waals surface area contributed by atoms with Gasteiger partial charge in [-0.15, -0.1) is 23.7 Å². The van der Waals surface area contributed by atoms with Crippen LogP contribution in [0.25, 0.3) is 11.3 Å². The minimum absolute atomic E-state index is 0. The molecule has 1 aromatic carbocycles. The Morgan fingerprint density at radius 2 is 2.00 bits per heavy atom. The van der Waals surface area contributed by atoms with E-state index in [1.54, 1.807) is 12.1 Å². The number of hydrogen-bond donors (Lipinski definition) is 2. The van der Waals surface area contributed by atoms with Crippen molar-refractivity contribution in [2.24, 2.45) is 5.92 Å². The number of thiazole rings is 1. The fourth-order valence-corrected chi connectivity index (χ4v) is 3.69. The van der Waals surface area contributed by atoms with Crippen molar-refractivity contribution in [3.8, 4) is 17.0 Å². The molecule has 1 amide bonds. The van der Waals surface area contributed by atoms with E-state index in [0.717, 1.165) is 37.9 Å². The molecule has 1 aliphatic rings. The first-order valence-corrected chi connectivity index (χ1v) is 9.49. The maximum Gasteiger partial charge on any atom is 0.387 e. The molecule has 1 aliphatic heterocycles. The average Bonchev–Trinajstić information content (AvgIpc) is 3.09. The van der Waals surface area contributed by atoms with E-state index in [2.05, 4.69) is 20.4 Å². The molecule has 148 valence electrons. The summed E-state index contributed by atoms with van der Waals surface area (Å²) < 4.78 is 28.7. The van der Waals surface area contributed by atoms with Crippen LogP contribution in [0.2, 0.25) is 0 Å². The van der Waals surface area contributed by atoms with E-state index in [-0.39, 0.29) is 24.1 Å². The minimum Gasteiger partial charge on any atom is -0.435 e. The Kier molecular flexibility index (Phi) is 8.40. The number of carbonyl (C=O) groups is 1. The van der Waals surface area contributed by atoms with Gasteiger partial charge in [0.15, 0.2) is 5.13 Å². The molecule has 5 nitrogen and oxygen atoms in total. The maximum atomic E-state index is 12.2. The van der Waals surface area contributed by atoms with Crippen LogP contribution in [0.3, 0.4) is 0 Å². The average molecular weight is 418 g/mol. The topological polar surface area (TPSA) is 63.2 Å². The quantitative estimate of drug-likeness (QED) is 0.693. The Labute approximate surface area is 166 Å². The van der Waals surface area contributed by atoms with Crippen molar-refractivity contribution in [1.29, 1.82) is 0 Å². The highest BCUT2D eigenvalue weighted by Gasteiger charge is 2.15. The number of amides is 1. The zero-order valence-electron chi connectivity index (χ0n) is 14.6. The molecule has 0 unspecified atom stereocenters. The Hall–Kier alpha value is -1.77. The number of aromatic nitrogens is 1. The highest BCUT2D eigenvalue weighted by molar-refractivity contribution is 7.14. The second-order valence-corrected chi connectivity index (χ2v) is 7.08. The molecule has 2 N–H and O–H groups in total. The maximum absolute atomic E-state index is 12.2. The van der Waals surface area contributed by atoms with Crippen molar-refractivity contribution in [3.05, 3.63) is 29.6 Å². The highest BCUT2D eigenvalue weighted by atomic mass is 35.5. The fraction of sp³-hybridized carbons (Fsp3) is 0.444. The van der Waals surface area contributed by atoms with Gasteiger partial charge in [-0.25, -0.2) is 4.98 Å². The van der Waals surface area contributed by atoms with Crippen LogP contribution in [0, 0.1) is 5.92 Å². The third-order valence-electron chi connectivity index (χ3n) is 4.36. The Balaban J connectivity index is 0.00000261. The molecule has 0 bridgehead atoms. The number of nitrogens with one attached hydrogen (secondary N) is 2. The molecule has 0 atom stereocenters. The van der Waals surface area contributed by atoms with Gasteiger partial charge >= 0.3 is 6.61 Å². The normalized spacial score (nSPS) is 14.6. The van der Waals surface area contributed by atoms with Crippen LogP contribution in [0.4, 0.5) is 13.9 Å². The molecule has 2 heterocycles. The van der Waals surface area contributed by atoms with Gasteiger partial charge in [-0.2, -0.15) is 8.78 Å². The Morgan fingerprint density at radius 1 is 1.30 bits per heavy atom. The third-order valence-corrected chi connectivity index (χ3v) is 5.12. The molecule has 27 heavy (non-hydrogen) atoms. The van der Waals surface area contributed by atoms with Gasteiger partial charge in [-0.1, -0.05) is 0 Å². The fourth-order valence-electron chi connectivity index (χ4n) is 2.96. The zero-order valence-corrected chi connectivity index (χ0v) is 16.3. The van der Waals surface area contributed by atoms with Gasteiger partial charge in [0.1, 0.15) is 5.75 Å². The summed E-state index contributed by atoms with van der Waals surface area (Å²) in [6.07, 6.45) is 3.65. The molecule has 1 saturated heterocycles. The number of ether oxygens (including phenoxy) is 1. The number of anilines is 1. The largest absolute Gasteiger partial charge is 0.435 e. The summed E-state index contributed by atoms with van der Waals surface area (Å²) in [7, 11) is 0. The van der Waals surface area contributed by atoms with Gasteiger partial charge in [0.05, 0.1) is 5.69 Å². The van der Waals surface area contributed by atoms with Gasteiger partial charge in [0, 0.05) is 17.4 Å². The van der Waals surface area contributed by atoms with E-state index >= 15 is 0 Å². The number of alkyl halides is 2. The van der Waals surface area contributed by atoms with Crippen molar-refractivity contribution in [1.82, 2.24) is 10.3 Å². The first kappa shape index (κ1) is 21.5. The van der Waals surface area contributed by atoms with E-state index < -0.39 is 6.61 Å². The lowest BCUT2D eigenvalue weighted by molar-refractivity contribution is -0.116. The van der Waals surface area contributed by atoms with Gasteiger partial charge in [0.2, 0.25) is 5.91 Å². The number of nitrogens with zero attached hydrogens (tertiary/aromatic N) is 1. The SMILES string of the molecule is Cl.O=C(CCC1CCNCC1)Nc1nc(-c2ccc(OC(F)F)cc2)cs1. The molecular weight excluding hydrogens is 396 g/mol. The number of carbonyl (C=O) groups excluding carboxylic acids is 1. The molecule has 0 radical (unpaired) electrons. The molecule has 2 aromatic rings. The number of benzene rings is 1. The predicted molar refractivity (Wildman–Crippen MR) is 105 cm³/mol. The number of rotatable bonds is 7. The number of piperidine rings is 1. The van der Waals surface area contributed by atoms with Crippen LogP contribution in [0.5, 0.6) is 5.75 Å². The van der Waals surface area contributed by atoms with E-state index in [0.29, 0.717) is 23.2 Å². The summed E-state index contributed by atoms with van der Waals surface area (Å²) in [5, 5.41) is 8.53. The Bertz CT molecular complexity index is 722. The second-order valence-electron chi connectivity index (χ2n) is 6.22. The van der Waals surface area contributed by atoms with Gasteiger partial charge < -0.3 is 15.4 Å². The van der Waals surface area contributed by atoms with Crippen LogP contribution in [0.1, 0.15) is 25.7 Å². The van der Waals surface area contributed by atoms with Crippen LogP contribution in [-0.2, 0) is 4.79 Å². The first-order valence-electron chi connectivity index (χ1n) is 8.61. The smallest absolute Gasteiger partial charge is 0.387 e. The van der Waals surface area contributed by atoms with Crippen molar-refractivity contribution in [2.75, 3.05) is 18.4 Å². The van der Waals surface area contributed by atoms with Gasteiger partial charge in [-0.05, 0) is 62.5 Å². The third kappa shape index (κ3) is 6.71. The molecule has 1 aromatic heterocycles. The van der Waals surface area contributed by atoms with Crippen LogP contribution in [0.15, 0.2) is 29.6 Å². The van der Waals surface area contributed by atoms with Gasteiger partial charge in [-0.3, -0.25) is 4.79 Å². The highest BCUT2D eigenvalue weighted by Crippen LogP contribution is 2.27. The molecule has 1 fully saturated rings. The van der Waals surface area contributed by atoms with Crippen molar-refractivity contribution < 1.29 is 18.3 Å². The van der Waals surface area contributed by atoms with E-state index in [4.69, 9.17) is 0 Å². The van der Waals surface area contributed by atoms with Crippen molar-refractivity contribution in [2.45, 2.75) is 32.3 Å². The van der Waals surface area contributed by atoms with Crippen LogP contribution < -0.4 is 15.4 Å². The summed E-state index contributed by atoms with van der Waals surface area (Å²) in [5.74, 6) is 0.693. The summed E-state index contributed by atoms with van der Waals surface area (Å²) in [6.45, 7) is -0.779. The standard InChI is InChI=1S/C18H21F2N3O2S.ClH/c19-17(20)25-14-4-2-13(3-5-14)15-11-26-18(22-15)23-16(24)6-1-12-7-9-21-10-8-12;/h2-5,11-12,17,21H,1,6-10H2,(H,22,23,24);1H. The van der Waals surface area contributed by atoms with E-state index in [1.807, 2.05) is 5.38 Å². The summed E-state index contributed by atoms with van der Waals surface area (Å²) in [6, 6.07) is 6.27. The molecule has 0 saturated carbocycles. The van der Waals surface area contributed by atoms with E-state index in [1.165, 1.54) is 23.5 Å². The molecule has 0 spiro atoms. The molecule has 3 rings (SSSR count).